The van der Waals surface area contributed by atoms with Crippen LogP contribution in [0, 0.1) is 0 Å². The molecular formula is C30H43N5O10S. The van der Waals surface area contributed by atoms with Crippen LogP contribution in [0.5, 0.6) is 0 Å². The lowest BCUT2D eigenvalue weighted by molar-refractivity contribution is -0.162. The van der Waals surface area contributed by atoms with E-state index in [2.05, 4.69) is 31.3 Å². The van der Waals surface area contributed by atoms with E-state index in [0.717, 1.165) is 25.7 Å². The van der Waals surface area contributed by atoms with Gasteiger partial charge in [-0.2, -0.15) is 11.8 Å². The molecular weight excluding hydrogens is 622 g/mol. The van der Waals surface area contributed by atoms with Crippen molar-refractivity contribution in [2.24, 2.45) is 0 Å². The second-order valence-electron chi connectivity index (χ2n) is 11.9. The third-order valence-electron chi connectivity index (χ3n) is 7.07. The number of anilines is 1. The van der Waals surface area contributed by atoms with Gasteiger partial charge in [-0.05, 0) is 51.3 Å². The van der Waals surface area contributed by atoms with Crippen LogP contribution >= 0.6 is 11.8 Å². The Morgan fingerprint density at radius 2 is 1.85 bits per heavy atom. The molecule has 2 heterocycles. The summed E-state index contributed by atoms with van der Waals surface area (Å²) in [6.07, 6.45) is 0.0573. The highest BCUT2D eigenvalue weighted by Gasteiger charge is 2.42. The summed E-state index contributed by atoms with van der Waals surface area (Å²) in [6.45, 7) is 4.72. The fraction of sp³-hybridized carbons (Fsp3) is 0.600. The average molecular weight is 666 g/mol. The van der Waals surface area contributed by atoms with Gasteiger partial charge in [-0.15, -0.1) is 0 Å². The van der Waals surface area contributed by atoms with Crippen LogP contribution < -0.4 is 26.6 Å². The number of esters is 1. The number of carboxylic acid groups (broad SMARTS) is 1. The number of ether oxygens (including phenoxy) is 3. The second kappa shape index (κ2) is 17.0. The van der Waals surface area contributed by atoms with Crippen molar-refractivity contribution in [1.29, 1.82) is 0 Å². The van der Waals surface area contributed by atoms with Crippen molar-refractivity contribution in [2.45, 2.75) is 94.6 Å². The molecule has 16 heteroatoms. The van der Waals surface area contributed by atoms with Crippen LogP contribution in [0.4, 0.5) is 15.3 Å². The first-order chi connectivity index (χ1) is 21.8. The Kier molecular flexibility index (Phi) is 13.5. The van der Waals surface area contributed by atoms with Crippen LogP contribution in [0.2, 0.25) is 0 Å². The van der Waals surface area contributed by atoms with Crippen LogP contribution in [0.1, 0.15) is 58.4 Å². The number of hydrogen-bond donors (Lipinski definition) is 6. The molecule has 1 aromatic rings. The normalized spacial score (nSPS) is 19.9. The van der Waals surface area contributed by atoms with Crippen molar-refractivity contribution in [3.05, 3.63) is 29.8 Å². The summed E-state index contributed by atoms with van der Waals surface area (Å²) in [4.78, 5) is 72.7. The minimum atomic E-state index is -1.80. The maximum atomic E-state index is 12.5. The van der Waals surface area contributed by atoms with Crippen LogP contribution in [0.25, 0.3) is 0 Å². The number of methoxy groups -OCH3 is 1. The molecule has 3 rings (SSSR count). The summed E-state index contributed by atoms with van der Waals surface area (Å²) in [6, 6.07) is 4.98. The molecule has 15 nitrogen and oxygen atoms in total. The third kappa shape index (κ3) is 11.7. The van der Waals surface area contributed by atoms with Gasteiger partial charge in [-0.1, -0.05) is 18.6 Å². The van der Waals surface area contributed by atoms with E-state index in [0.29, 0.717) is 29.3 Å². The maximum absolute atomic E-state index is 12.5. The van der Waals surface area contributed by atoms with E-state index >= 15 is 0 Å². The fourth-order valence-electron chi connectivity index (χ4n) is 4.96. The van der Waals surface area contributed by atoms with Gasteiger partial charge >= 0.3 is 24.1 Å². The highest BCUT2D eigenvalue weighted by atomic mass is 32.2. The maximum Gasteiger partial charge on any atom is 0.408 e. The minimum Gasteiger partial charge on any atom is -0.479 e. The molecule has 2 saturated heterocycles. The van der Waals surface area contributed by atoms with E-state index in [1.807, 2.05) is 11.8 Å². The van der Waals surface area contributed by atoms with Crippen molar-refractivity contribution in [2.75, 3.05) is 24.7 Å². The second-order valence-corrected chi connectivity index (χ2v) is 13.2. The number of carbonyl (C=O) groups excluding carboxylic acids is 5. The summed E-state index contributed by atoms with van der Waals surface area (Å²) in [5.41, 5.74) is 0.00732. The number of aliphatic carboxylic acids is 1. The lowest BCUT2D eigenvalue weighted by atomic mass is 10.0. The molecule has 2 fully saturated rings. The molecule has 5 amide bonds. The number of fused-ring (bicyclic) bond motifs is 1. The topological polar surface area (TPSA) is 210 Å². The van der Waals surface area contributed by atoms with Crippen LogP contribution in [-0.4, -0.2) is 95.5 Å². The van der Waals surface area contributed by atoms with E-state index in [1.165, 1.54) is 0 Å². The van der Waals surface area contributed by atoms with Crippen molar-refractivity contribution in [3.63, 3.8) is 0 Å². The van der Waals surface area contributed by atoms with Gasteiger partial charge in [0.25, 0.3) is 0 Å². The van der Waals surface area contributed by atoms with E-state index in [4.69, 9.17) is 9.47 Å². The zero-order chi connectivity index (χ0) is 33.9. The van der Waals surface area contributed by atoms with Gasteiger partial charge in [0.05, 0.1) is 25.8 Å². The van der Waals surface area contributed by atoms with Crippen LogP contribution in [-0.2, 0) is 40.0 Å². The van der Waals surface area contributed by atoms with Gasteiger partial charge in [0.1, 0.15) is 5.60 Å². The molecule has 0 unspecified atom stereocenters. The SMILES string of the molecule is COC(=O)[C@@H](NC(=O)OC(C)(C)C)[C@H](OCc1cccc(NC(=O)CCNC(=O)CCCC[C@@H]2SC[C@@H]3NC(=O)N[C@@H]32)c1)C(=O)O. The number of amides is 5. The van der Waals surface area contributed by atoms with E-state index in [1.54, 1.807) is 45.0 Å². The number of thioether (sulfide) groups is 1. The number of alkyl carbamates (subject to hydrolysis) is 1. The number of carboxylic acids is 1. The predicted molar refractivity (Wildman–Crippen MR) is 168 cm³/mol. The van der Waals surface area contributed by atoms with Gasteiger partial charge in [-0.25, -0.2) is 19.2 Å². The molecule has 46 heavy (non-hydrogen) atoms. The number of carbonyl (C=O) groups is 6. The molecule has 254 valence electrons. The molecule has 0 aromatic heterocycles. The number of urea groups is 1. The third-order valence-corrected chi connectivity index (χ3v) is 8.58. The molecule has 0 aliphatic carbocycles. The quantitative estimate of drug-likeness (QED) is 0.0853. The molecule has 0 radical (unpaired) electrons. The minimum absolute atomic E-state index is 0.0409. The number of rotatable bonds is 16. The molecule has 1 aromatic carbocycles. The average Bonchev–Trinajstić information content (AvgIpc) is 3.52. The Morgan fingerprint density at radius 1 is 1.09 bits per heavy atom. The van der Waals surface area contributed by atoms with Crippen molar-refractivity contribution in [1.82, 2.24) is 21.3 Å². The Bertz CT molecular complexity index is 1270. The van der Waals surface area contributed by atoms with E-state index < -0.39 is 35.8 Å². The number of unbranched alkanes of at least 4 members (excludes halogenated alkanes) is 1. The number of benzene rings is 1. The summed E-state index contributed by atoms with van der Waals surface area (Å²) in [7, 11) is 1.05. The standard InChI is InChI=1S/C30H43N5O10S/c1-30(2,3)45-29(42)35-24(27(40)43-4)25(26(38)39)44-15-17-8-7-9-18(14-17)32-22(37)12-13-31-21(36)11-6-5-10-20-23-19(16-46-20)33-28(41)34-23/h7-9,14,19-20,23-25H,5-6,10-13,15-16H2,1-4H3,(H,31,36)(H,32,37)(H,35,42)(H,38,39)(H2,33,34,41)/t19-,20-,23-,24-,25-/m0/s1. The molecule has 0 spiro atoms. The molecule has 5 atom stereocenters. The highest BCUT2D eigenvalue weighted by molar-refractivity contribution is 8.00. The first kappa shape index (κ1) is 36.4. The zero-order valence-electron chi connectivity index (χ0n) is 26.4. The Balaban J connectivity index is 1.40. The van der Waals surface area contributed by atoms with Gasteiger partial charge in [0.2, 0.25) is 11.8 Å². The van der Waals surface area contributed by atoms with Crippen LogP contribution in [0.15, 0.2) is 24.3 Å². The predicted octanol–water partition coefficient (Wildman–Crippen LogP) is 1.89. The molecule has 0 bridgehead atoms. The van der Waals surface area contributed by atoms with Crippen molar-refractivity contribution >= 4 is 53.3 Å². The summed E-state index contributed by atoms with van der Waals surface area (Å²) in [5.74, 6) is -2.13. The Labute approximate surface area is 271 Å². The van der Waals surface area contributed by atoms with Gasteiger partial charge in [-0.3, -0.25) is 9.59 Å². The Hall–Kier alpha value is -4.05. The molecule has 2 aliphatic heterocycles. The monoisotopic (exact) mass is 665 g/mol. The molecule has 2 aliphatic rings. The summed E-state index contributed by atoms with van der Waals surface area (Å²) >= 11 is 1.84. The lowest BCUT2D eigenvalue weighted by Gasteiger charge is -2.25. The molecule has 6 N–H and O–H groups in total. The van der Waals surface area contributed by atoms with Gasteiger partial charge in [0.15, 0.2) is 12.1 Å². The van der Waals surface area contributed by atoms with E-state index in [-0.39, 0.29) is 49.5 Å². The lowest BCUT2D eigenvalue weighted by Crippen LogP contribution is -2.54. The van der Waals surface area contributed by atoms with E-state index in [9.17, 15) is 33.9 Å². The van der Waals surface area contributed by atoms with Gasteiger partial charge < -0.3 is 45.9 Å². The van der Waals surface area contributed by atoms with Crippen LogP contribution in [0.3, 0.4) is 0 Å². The summed E-state index contributed by atoms with van der Waals surface area (Å²) in [5, 5.41) is 23.6. The zero-order valence-corrected chi connectivity index (χ0v) is 27.2. The Morgan fingerprint density at radius 3 is 2.54 bits per heavy atom. The number of hydrogen-bond acceptors (Lipinski definition) is 10. The summed E-state index contributed by atoms with van der Waals surface area (Å²) < 4.78 is 15.3. The molecule has 0 saturated carbocycles. The van der Waals surface area contributed by atoms with Gasteiger partial charge in [0, 0.05) is 36.1 Å². The van der Waals surface area contributed by atoms with Crippen molar-refractivity contribution < 1.29 is 48.1 Å². The smallest absolute Gasteiger partial charge is 0.408 e. The largest absolute Gasteiger partial charge is 0.479 e. The van der Waals surface area contributed by atoms with Crippen molar-refractivity contribution in [3.8, 4) is 0 Å². The first-order valence-electron chi connectivity index (χ1n) is 15.0. The number of nitrogens with one attached hydrogen (secondary N) is 5. The fourth-order valence-corrected chi connectivity index (χ4v) is 6.50. The first-order valence-corrected chi connectivity index (χ1v) is 16.1. The highest BCUT2D eigenvalue weighted by Crippen LogP contribution is 2.33.